The summed E-state index contributed by atoms with van der Waals surface area (Å²) in [6.07, 6.45) is 2.25. The average molecular weight is 209 g/mol. The van der Waals surface area contributed by atoms with Gasteiger partial charge in [0.05, 0.1) is 0 Å². The Morgan fingerprint density at radius 1 is 1.21 bits per heavy atom. The number of benzene rings is 1. The van der Waals surface area contributed by atoms with Gasteiger partial charge in [0.1, 0.15) is 0 Å². The van der Waals surface area contributed by atoms with Crippen molar-refractivity contribution >= 4 is 11.8 Å². The van der Waals surface area contributed by atoms with E-state index in [0.29, 0.717) is 5.25 Å². The van der Waals surface area contributed by atoms with Crippen molar-refractivity contribution in [2.45, 2.75) is 36.8 Å². The Morgan fingerprint density at radius 2 is 1.86 bits per heavy atom. The summed E-state index contributed by atoms with van der Waals surface area (Å²) in [5.74, 6) is 0. The summed E-state index contributed by atoms with van der Waals surface area (Å²) in [4.78, 5) is 1.33. The summed E-state index contributed by atoms with van der Waals surface area (Å²) in [6, 6.07) is 8.79. The zero-order chi connectivity index (χ0) is 10.4. The van der Waals surface area contributed by atoms with Crippen LogP contribution in [0.1, 0.15) is 25.8 Å². The maximum atomic E-state index is 5.67. The molecule has 78 valence electrons. The smallest absolute Gasteiger partial charge is 0.0214 e. The maximum absolute atomic E-state index is 5.67. The van der Waals surface area contributed by atoms with E-state index >= 15 is 0 Å². The van der Waals surface area contributed by atoms with Gasteiger partial charge < -0.3 is 5.73 Å². The molecule has 0 bridgehead atoms. The van der Waals surface area contributed by atoms with Crippen LogP contribution in [0.2, 0.25) is 0 Å². The molecule has 0 spiro atoms. The van der Waals surface area contributed by atoms with Crippen LogP contribution in [0.25, 0.3) is 0 Å². The molecule has 2 heteroatoms. The Morgan fingerprint density at radius 3 is 2.29 bits per heavy atom. The zero-order valence-corrected chi connectivity index (χ0v) is 9.81. The lowest BCUT2D eigenvalue weighted by Crippen LogP contribution is -2.15. The molecule has 1 unspecified atom stereocenters. The lowest BCUT2D eigenvalue weighted by molar-refractivity contribution is 0.827. The number of thioether (sulfide) groups is 1. The van der Waals surface area contributed by atoms with Crippen LogP contribution in [0.4, 0.5) is 0 Å². The second kappa shape index (κ2) is 6.10. The van der Waals surface area contributed by atoms with Gasteiger partial charge in [0.25, 0.3) is 0 Å². The van der Waals surface area contributed by atoms with Crippen molar-refractivity contribution in [2.24, 2.45) is 5.73 Å². The highest BCUT2D eigenvalue weighted by molar-refractivity contribution is 8.00. The predicted octanol–water partition coefficient (Wildman–Crippen LogP) is 3.08. The van der Waals surface area contributed by atoms with Crippen molar-refractivity contribution in [3.63, 3.8) is 0 Å². The van der Waals surface area contributed by atoms with Gasteiger partial charge in [0, 0.05) is 16.7 Å². The Bertz CT molecular complexity index is 252. The molecule has 14 heavy (non-hydrogen) atoms. The molecule has 0 amide bonds. The first kappa shape index (κ1) is 11.6. The molecular weight excluding hydrogens is 190 g/mol. The van der Waals surface area contributed by atoms with Gasteiger partial charge in [-0.3, -0.25) is 0 Å². The Balaban J connectivity index is 2.58. The first-order valence-corrected chi connectivity index (χ1v) is 6.13. The summed E-state index contributed by atoms with van der Waals surface area (Å²) in [7, 11) is 0. The highest BCUT2D eigenvalue weighted by atomic mass is 32.2. The minimum absolute atomic E-state index is 0.558. The van der Waals surface area contributed by atoms with Gasteiger partial charge in [-0.1, -0.05) is 26.0 Å². The minimum atomic E-state index is 0.558. The quantitative estimate of drug-likeness (QED) is 0.754. The number of aryl methyl sites for hydroxylation is 1. The molecule has 1 nitrogen and oxygen atoms in total. The van der Waals surface area contributed by atoms with Crippen LogP contribution < -0.4 is 5.73 Å². The van der Waals surface area contributed by atoms with Crippen LogP contribution in [0, 0.1) is 0 Å². The van der Waals surface area contributed by atoms with E-state index in [4.69, 9.17) is 5.73 Å². The zero-order valence-electron chi connectivity index (χ0n) is 8.99. The molecule has 2 N–H and O–H groups in total. The largest absolute Gasteiger partial charge is 0.329 e. The molecule has 0 aliphatic rings. The van der Waals surface area contributed by atoms with E-state index in [1.54, 1.807) is 0 Å². The van der Waals surface area contributed by atoms with Gasteiger partial charge in [-0.15, -0.1) is 11.8 Å². The molecule has 1 rings (SSSR count). The van der Waals surface area contributed by atoms with Gasteiger partial charge in [-0.2, -0.15) is 0 Å². The number of hydrogen-bond acceptors (Lipinski definition) is 2. The van der Waals surface area contributed by atoms with Gasteiger partial charge in [-0.25, -0.2) is 0 Å². The van der Waals surface area contributed by atoms with Crippen LogP contribution in [-0.2, 0) is 6.42 Å². The van der Waals surface area contributed by atoms with Crippen molar-refractivity contribution in [1.29, 1.82) is 0 Å². The van der Waals surface area contributed by atoms with E-state index in [1.165, 1.54) is 10.5 Å². The van der Waals surface area contributed by atoms with Crippen LogP contribution >= 0.6 is 11.8 Å². The van der Waals surface area contributed by atoms with Gasteiger partial charge in [0.2, 0.25) is 0 Å². The SMILES string of the molecule is CCc1ccc(SC(CC)CN)cc1. The van der Waals surface area contributed by atoms with Crippen LogP contribution in [-0.4, -0.2) is 11.8 Å². The molecule has 1 atom stereocenters. The molecule has 0 fully saturated rings. The second-order valence-electron chi connectivity index (χ2n) is 3.38. The third-order valence-electron chi connectivity index (χ3n) is 2.35. The van der Waals surface area contributed by atoms with Crippen molar-refractivity contribution in [3.8, 4) is 0 Å². The lowest BCUT2D eigenvalue weighted by Gasteiger charge is -2.11. The van der Waals surface area contributed by atoms with E-state index in [0.717, 1.165) is 19.4 Å². The van der Waals surface area contributed by atoms with E-state index in [1.807, 2.05) is 11.8 Å². The van der Waals surface area contributed by atoms with Crippen LogP contribution in [0.15, 0.2) is 29.2 Å². The summed E-state index contributed by atoms with van der Waals surface area (Å²) >= 11 is 1.88. The maximum Gasteiger partial charge on any atom is 0.0214 e. The molecule has 0 saturated heterocycles. The Kier molecular flexibility index (Phi) is 5.05. The van der Waals surface area contributed by atoms with Gasteiger partial charge in [0.15, 0.2) is 0 Å². The van der Waals surface area contributed by atoms with Crippen molar-refractivity contribution in [1.82, 2.24) is 0 Å². The molecule has 0 aromatic heterocycles. The van der Waals surface area contributed by atoms with Crippen LogP contribution in [0.3, 0.4) is 0 Å². The number of hydrogen-bond donors (Lipinski definition) is 1. The normalized spacial score (nSPS) is 12.8. The van der Waals surface area contributed by atoms with Crippen LogP contribution in [0.5, 0.6) is 0 Å². The second-order valence-corrected chi connectivity index (χ2v) is 4.76. The molecular formula is C12H19NS. The summed E-state index contributed by atoms with van der Waals surface area (Å²) < 4.78 is 0. The molecule has 0 heterocycles. The molecule has 0 saturated carbocycles. The third kappa shape index (κ3) is 3.35. The standard InChI is InChI=1S/C12H19NS/c1-3-10-5-7-12(8-6-10)14-11(4-2)9-13/h5-8,11H,3-4,9,13H2,1-2H3. The third-order valence-corrected chi connectivity index (χ3v) is 3.76. The van der Waals surface area contributed by atoms with Gasteiger partial charge >= 0.3 is 0 Å². The van der Waals surface area contributed by atoms with Gasteiger partial charge in [-0.05, 0) is 30.5 Å². The van der Waals surface area contributed by atoms with Crippen molar-refractivity contribution in [3.05, 3.63) is 29.8 Å². The molecule has 1 aromatic carbocycles. The fraction of sp³-hybridized carbons (Fsp3) is 0.500. The Hall–Kier alpha value is -0.470. The van der Waals surface area contributed by atoms with E-state index < -0.39 is 0 Å². The molecule has 0 aliphatic heterocycles. The van der Waals surface area contributed by atoms with Crippen molar-refractivity contribution in [2.75, 3.05) is 6.54 Å². The van der Waals surface area contributed by atoms with E-state index in [-0.39, 0.29) is 0 Å². The minimum Gasteiger partial charge on any atom is -0.329 e. The average Bonchev–Trinajstić information content (AvgIpc) is 2.26. The first-order valence-electron chi connectivity index (χ1n) is 5.25. The first-order chi connectivity index (χ1) is 6.80. The fourth-order valence-electron chi connectivity index (χ4n) is 1.29. The number of rotatable bonds is 5. The monoisotopic (exact) mass is 209 g/mol. The topological polar surface area (TPSA) is 26.0 Å². The van der Waals surface area contributed by atoms with E-state index in [9.17, 15) is 0 Å². The van der Waals surface area contributed by atoms with E-state index in [2.05, 4.69) is 38.1 Å². The molecule has 0 aliphatic carbocycles. The highest BCUT2D eigenvalue weighted by Gasteiger charge is 2.05. The fourth-order valence-corrected chi connectivity index (χ4v) is 2.24. The summed E-state index contributed by atoms with van der Waals surface area (Å²) in [5.41, 5.74) is 7.06. The Labute approximate surface area is 91.1 Å². The molecule has 1 aromatic rings. The predicted molar refractivity (Wildman–Crippen MR) is 64.8 cm³/mol. The lowest BCUT2D eigenvalue weighted by atomic mass is 10.2. The highest BCUT2D eigenvalue weighted by Crippen LogP contribution is 2.24. The number of nitrogens with two attached hydrogens (primary N) is 1. The summed E-state index contributed by atoms with van der Waals surface area (Å²) in [5, 5.41) is 0.558. The molecule has 0 radical (unpaired) electrons. The van der Waals surface area contributed by atoms with Crippen molar-refractivity contribution < 1.29 is 0 Å². The summed E-state index contributed by atoms with van der Waals surface area (Å²) in [6.45, 7) is 5.12.